The number of nitrogens with one attached hydrogen (secondary N) is 4. The molecule has 6 rings (SSSR count). The molecule has 328 valence electrons. The molecule has 19 nitrogen and oxygen atoms in total. The minimum atomic E-state index is -5.24. The maximum Gasteiger partial charge on any atom is 1.00 e. The summed E-state index contributed by atoms with van der Waals surface area (Å²) in [4.78, 5) is 25.3. The van der Waals surface area contributed by atoms with E-state index in [2.05, 4.69) is 27.0 Å². The zero-order valence-electron chi connectivity index (χ0n) is 36.0. The fraction of sp³-hybridized carbons (Fsp3) is 0.175. The van der Waals surface area contributed by atoms with E-state index in [0.29, 0.717) is 50.7 Å². The zero-order valence-corrected chi connectivity index (χ0v) is 42.4. The van der Waals surface area contributed by atoms with Gasteiger partial charge in [0.25, 0.3) is 0 Å². The number of anilines is 4. The van der Waals surface area contributed by atoms with E-state index >= 15 is 0 Å². The normalized spacial score (nSPS) is 11.2. The molecule has 1 heterocycles. The van der Waals surface area contributed by atoms with E-state index in [1.54, 1.807) is 39.8 Å². The number of fused-ring (bicyclic) bond motifs is 2. The Hall–Kier alpha value is -4.69. The number of primary amides is 2. The molecule has 4 amide bonds. The van der Waals surface area contributed by atoms with Crippen molar-refractivity contribution in [3.63, 3.8) is 0 Å². The Morgan fingerprint density at radius 2 is 1.22 bits per heavy atom. The zero-order chi connectivity index (χ0) is 46.6. The first-order valence-corrected chi connectivity index (χ1v) is 21.6. The van der Waals surface area contributed by atoms with Gasteiger partial charge in [-0.05, 0) is 87.6 Å². The molecular weight excluding hydrogens is 915 g/mol. The Labute approximate surface area is 414 Å². The molecule has 0 radical (unpaired) electrons. The first kappa shape index (κ1) is 55.4. The Kier molecular flexibility index (Phi) is 19.5. The van der Waals surface area contributed by atoms with Crippen LogP contribution in [0.15, 0.2) is 74.9 Å². The number of hydrogen-bond acceptors (Lipinski definition) is 14. The number of urea groups is 2. The molecule has 0 bridgehead atoms. The minimum Gasteiger partial charge on any atom is -0.744 e. The van der Waals surface area contributed by atoms with Crippen molar-refractivity contribution >= 4 is 82.3 Å². The van der Waals surface area contributed by atoms with Gasteiger partial charge in [-0.15, -0.1) is 18.7 Å². The Balaban J connectivity index is 0.00000167. The molecule has 0 fully saturated rings. The van der Waals surface area contributed by atoms with Gasteiger partial charge >= 0.3 is 81.8 Å². The fourth-order valence-electron chi connectivity index (χ4n) is 7.07. The van der Waals surface area contributed by atoms with Crippen molar-refractivity contribution in [3.05, 3.63) is 105 Å². The summed E-state index contributed by atoms with van der Waals surface area (Å²) in [6.45, 7) is 10.7. The van der Waals surface area contributed by atoms with E-state index in [9.17, 15) is 35.5 Å². The van der Waals surface area contributed by atoms with Crippen LogP contribution in [0.2, 0.25) is 0 Å². The van der Waals surface area contributed by atoms with Crippen LogP contribution in [0.1, 0.15) is 33.4 Å². The van der Waals surface area contributed by atoms with E-state index in [-0.39, 0.29) is 97.9 Å². The molecule has 1 aliphatic heterocycles. The third-order valence-electron chi connectivity index (χ3n) is 9.41. The standard InChI is InChI=1S/C39H37N6O9S2.CH4O.2Na.O3S/c1-18-13-20(3)36(44-38(40)46)22(5)34(18)42-24-11-12-25-29(15-24)54-30-17-28(43-35-19(2)14-21(4)37(23(35)6)45-39(41)47)32(56(51,52)53)16-27(30)33(25)26-9-7-8-10-31(26)55(48,49)50;1-2;;;1-4(2)3/h7-10,12-17,42H,1-6H3,(H3,40,44,46)(H3,41,45,47)(H,48,49,50)(H,51,52,53);2H,1H3;;;/q-1;;2*+1;/p-1. The third-order valence-corrected chi connectivity index (χ3v) is 11.2. The number of aliphatic hydroxyl groups is 1. The molecule has 24 heteroatoms. The number of amides is 4. The van der Waals surface area contributed by atoms with Crippen molar-refractivity contribution in [3.8, 4) is 22.5 Å². The molecule has 4 aromatic carbocycles. The van der Waals surface area contributed by atoms with Gasteiger partial charge < -0.3 is 46.0 Å². The first-order chi connectivity index (χ1) is 28.9. The predicted molar refractivity (Wildman–Crippen MR) is 226 cm³/mol. The summed E-state index contributed by atoms with van der Waals surface area (Å²) in [6, 6.07) is 15.9. The van der Waals surface area contributed by atoms with Crippen LogP contribution in [-0.2, 0) is 30.8 Å². The van der Waals surface area contributed by atoms with E-state index < -0.39 is 52.7 Å². The molecular formula is C40H40N6Na2O13S3. The van der Waals surface area contributed by atoms with Crippen LogP contribution in [0.4, 0.5) is 38.0 Å². The second kappa shape index (κ2) is 22.5. The summed E-state index contributed by atoms with van der Waals surface area (Å²) in [5, 5.41) is 15.6. The van der Waals surface area contributed by atoms with Crippen molar-refractivity contribution < 1.29 is 122 Å². The van der Waals surface area contributed by atoms with Gasteiger partial charge in [0.1, 0.15) is 30.9 Å². The van der Waals surface area contributed by atoms with Crippen molar-refractivity contribution in [2.24, 2.45) is 11.5 Å². The van der Waals surface area contributed by atoms with Gasteiger partial charge in [-0.1, -0.05) is 40.9 Å². The molecule has 0 aromatic heterocycles. The second-order valence-electron chi connectivity index (χ2n) is 13.6. The van der Waals surface area contributed by atoms with Crippen molar-refractivity contribution in [2.75, 3.05) is 23.1 Å². The quantitative estimate of drug-likeness (QED) is 0.0354. The molecule has 64 heavy (non-hydrogen) atoms. The topological polar surface area (TPSA) is 335 Å². The van der Waals surface area contributed by atoms with Crippen LogP contribution in [0, 0.1) is 47.6 Å². The van der Waals surface area contributed by atoms with E-state index in [4.69, 9.17) is 33.6 Å². The molecule has 0 atom stereocenters. The summed E-state index contributed by atoms with van der Waals surface area (Å²) >= 11 is 0. The van der Waals surface area contributed by atoms with Crippen LogP contribution in [0.3, 0.4) is 0 Å². The summed E-state index contributed by atoms with van der Waals surface area (Å²) in [7, 11) is -12.4. The number of hydrogen-bond donors (Lipinski definition) is 7. The molecule has 0 spiro atoms. The molecule has 0 saturated carbocycles. The van der Waals surface area contributed by atoms with Gasteiger partial charge in [0.15, 0.2) is 0 Å². The number of benzene rings is 5. The van der Waals surface area contributed by atoms with Gasteiger partial charge in [-0.3, -0.25) is 0 Å². The number of rotatable bonds is 8. The molecule has 1 aliphatic carbocycles. The minimum absolute atomic E-state index is 0. The average Bonchev–Trinajstić information content (AvgIpc) is 3.16. The van der Waals surface area contributed by atoms with Crippen LogP contribution in [-0.4, -0.2) is 62.8 Å². The van der Waals surface area contributed by atoms with Crippen LogP contribution in [0.25, 0.3) is 33.4 Å². The van der Waals surface area contributed by atoms with Crippen molar-refractivity contribution in [1.82, 2.24) is 0 Å². The largest absolute Gasteiger partial charge is 1.00 e. The van der Waals surface area contributed by atoms with Gasteiger partial charge in [0, 0.05) is 35.1 Å². The van der Waals surface area contributed by atoms with E-state index in [0.717, 1.165) is 30.4 Å². The van der Waals surface area contributed by atoms with Gasteiger partial charge in [-0.25, -0.2) is 31.4 Å². The third kappa shape index (κ3) is 12.8. The predicted octanol–water partition coefficient (Wildman–Crippen LogP) is -2.69. The molecule has 0 unspecified atom stereocenters. The summed E-state index contributed by atoms with van der Waals surface area (Å²) in [5.74, 6) is 0.00573. The second-order valence-corrected chi connectivity index (χ2v) is 16.7. The van der Waals surface area contributed by atoms with Crippen molar-refractivity contribution in [2.45, 2.75) is 51.3 Å². The SMILES string of the molecule is CO.Cc1cc(C)c(Nc2[c-]cc3c(-c4ccccc4S(=O)(=O)[O-])c4cc(S(=O)(=O)[O-])c(=[NH+]c5c(C)cc(C)c(NC(N)=O)c5C)cc-4oc3c2)c(C)c1NC(N)=O.O=S(=O)=O.[Na+].[Na+]. The monoisotopic (exact) mass is 954 g/mol. The average molecular weight is 955 g/mol. The van der Waals surface area contributed by atoms with Crippen molar-refractivity contribution in [1.29, 1.82) is 0 Å². The Bertz CT molecular complexity index is 3180. The van der Waals surface area contributed by atoms with Crippen LogP contribution >= 0.6 is 0 Å². The summed E-state index contributed by atoms with van der Waals surface area (Å²) in [6.07, 6.45) is 0. The molecule has 0 saturated heterocycles. The number of aryl methyl sites for hydroxylation is 4. The van der Waals surface area contributed by atoms with Gasteiger partial charge in [0.2, 0.25) is 11.0 Å². The smallest absolute Gasteiger partial charge is 0.744 e. The number of aliphatic hydroxyl groups excluding tert-OH is 1. The summed E-state index contributed by atoms with van der Waals surface area (Å²) < 4.78 is 108. The van der Waals surface area contributed by atoms with Gasteiger partial charge in [0.05, 0.1) is 22.3 Å². The Morgan fingerprint density at radius 3 is 1.75 bits per heavy atom. The fourth-order valence-corrected chi connectivity index (χ4v) is 8.40. The van der Waals surface area contributed by atoms with E-state index in [1.165, 1.54) is 30.3 Å². The molecule has 9 N–H and O–H groups in total. The molecule has 4 aromatic rings. The number of carbonyl (C=O) groups is 2. The summed E-state index contributed by atoms with van der Waals surface area (Å²) in [5.41, 5.74) is 17.3. The molecule has 2 aliphatic rings. The maximum absolute atomic E-state index is 12.9. The van der Waals surface area contributed by atoms with Gasteiger partial charge in [-0.2, -0.15) is 12.1 Å². The van der Waals surface area contributed by atoms with Crippen LogP contribution in [0.5, 0.6) is 0 Å². The number of carbonyl (C=O) groups excluding carboxylic acids is 2. The van der Waals surface area contributed by atoms with E-state index in [1.807, 2.05) is 19.9 Å². The number of nitrogens with two attached hydrogens (primary N) is 2. The first-order valence-electron chi connectivity index (χ1n) is 17.8. The Morgan fingerprint density at radius 1 is 0.719 bits per heavy atom. The maximum atomic E-state index is 12.9. The van der Waals surface area contributed by atoms with Crippen LogP contribution < -0.4 is 96.9 Å².